The Labute approximate surface area is 140 Å². The van der Waals surface area contributed by atoms with Crippen molar-refractivity contribution in [3.8, 4) is 0 Å². The largest absolute Gasteiger partial charge is 0.313 e. The van der Waals surface area contributed by atoms with Crippen LogP contribution in [0, 0.1) is 0 Å². The van der Waals surface area contributed by atoms with E-state index < -0.39 is 0 Å². The number of nitrogens with one attached hydrogen (secondary N) is 1. The zero-order valence-electron chi connectivity index (χ0n) is 12.8. The molecule has 0 aliphatic carbocycles. The normalized spacial score (nSPS) is 11.1. The van der Waals surface area contributed by atoms with Crippen molar-refractivity contribution in [3.63, 3.8) is 0 Å². The molecule has 2 aromatic carbocycles. The quantitative estimate of drug-likeness (QED) is 0.692. The van der Waals surface area contributed by atoms with Crippen LogP contribution >= 0.6 is 27.7 Å². The molecule has 21 heavy (non-hydrogen) atoms. The fraction of sp³-hybridized carbons (Fsp3) is 0.333. The molecule has 112 valence electrons. The lowest BCUT2D eigenvalue weighted by molar-refractivity contribution is 0.717. The van der Waals surface area contributed by atoms with Gasteiger partial charge in [0.25, 0.3) is 0 Å². The smallest absolute Gasteiger partial charge is 0.0217 e. The van der Waals surface area contributed by atoms with Gasteiger partial charge < -0.3 is 5.32 Å². The Morgan fingerprint density at radius 3 is 2.43 bits per heavy atom. The van der Waals surface area contributed by atoms with Crippen molar-refractivity contribution in [2.24, 2.45) is 0 Å². The van der Waals surface area contributed by atoms with Crippen molar-refractivity contribution in [2.75, 3.05) is 6.54 Å². The molecule has 0 saturated heterocycles. The molecule has 0 spiro atoms. The van der Waals surface area contributed by atoms with E-state index in [1.165, 1.54) is 20.9 Å². The third-order valence-electron chi connectivity index (χ3n) is 3.36. The fourth-order valence-electron chi connectivity index (χ4n) is 2.09. The van der Waals surface area contributed by atoms with Gasteiger partial charge in [0, 0.05) is 20.8 Å². The second-order valence-electron chi connectivity index (χ2n) is 5.36. The summed E-state index contributed by atoms with van der Waals surface area (Å²) in [5.74, 6) is 0.584. The molecule has 0 heterocycles. The van der Waals surface area contributed by atoms with Gasteiger partial charge in [-0.15, -0.1) is 0 Å². The van der Waals surface area contributed by atoms with Crippen LogP contribution in [0.3, 0.4) is 0 Å². The Morgan fingerprint density at radius 1 is 1.10 bits per heavy atom. The summed E-state index contributed by atoms with van der Waals surface area (Å²) in [5, 5.41) is 3.41. The van der Waals surface area contributed by atoms with Crippen LogP contribution in [0.1, 0.15) is 37.8 Å². The van der Waals surface area contributed by atoms with Crippen molar-refractivity contribution in [3.05, 3.63) is 58.1 Å². The maximum absolute atomic E-state index is 3.56. The van der Waals surface area contributed by atoms with Crippen molar-refractivity contribution in [1.29, 1.82) is 0 Å². The van der Waals surface area contributed by atoms with Gasteiger partial charge in [0.1, 0.15) is 0 Å². The molecule has 0 unspecified atom stereocenters. The number of halogens is 1. The minimum Gasteiger partial charge on any atom is -0.313 e. The third kappa shape index (κ3) is 4.87. The average Bonchev–Trinajstić information content (AvgIpc) is 2.48. The topological polar surface area (TPSA) is 12.0 Å². The second kappa shape index (κ2) is 8.02. The van der Waals surface area contributed by atoms with Crippen molar-refractivity contribution >= 4 is 27.7 Å². The highest BCUT2D eigenvalue weighted by Crippen LogP contribution is 2.32. The molecule has 1 N–H and O–H groups in total. The van der Waals surface area contributed by atoms with Gasteiger partial charge in [-0.2, -0.15) is 0 Å². The molecule has 3 heteroatoms. The molecule has 2 rings (SSSR count). The SMILES string of the molecule is CCNCc1cc(Br)ccc1Sc1ccc(C(C)C)cc1. The van der Waals surface area contributed by atoms with E-state index >= 15 is 0 Å². The Balaban J connectivity index is 2.18. The van der Waals surface area contributed by atoms with Gasteiger partial charge in [0.05, 0.1) is 0 Å². The van der Waals surface area contributed by atoms with E-state index in [0.717, 1.165) is 17.6 Å². The molecule has 0 aliphatic heterocycles. The number of rotatable bonds is 6. The molecule has 2 aromatic rings. The van der Waals surface area contributed by atoms with Gasteiger partial charge in [-0.05, 0) is 53.9 Å². The molecule has 0 saturated carbocycles. The first kappa shape index (κ1) is 16.6. The van der Waals surface area contributed by atoms with E-state index in [-0.39, 0.29) is 0 Å². The number of benzene rings is 2. The second-order valence-corrected chi connectivity index (χ2v) is 7.39. The van der Waals surface area contributed by atoms with Gasteiger partial charge in [-0.1, -0.05) is 60.6 Å². The van der Waals surface area contributed by atoms with Crippen LogP contribution in [0.2, 0.25) is 0 Å². The van der Waals surface area contributed by atoms with Crippen molar-refractivity contribution in [1.82, 2.24) is 5.32 Å². The Bertz CT molecular complexity index is 578. The lowest BCUT2D eigenvalue weighted by Gasteiger charge is -2.11. The fourth-order valence-corrected chi connectivity index (χ4v) is 3.43. The highest BCUT2D eigenvalue weighted by Gasteiger charge is 2.06. The third-order valence-corrected chi connectivity index (χ3v) is 4.98. The molecule has 0 amide bonds. The summed E-state index contributed by atoms with van der Waals surface area (Å²) in [6, 6.07) is 15.4. The summed E-state index contributed by atoms with van der Waals surface area (Å²) in [7, 11) is 0. The summed E-state index contributed by atoms with van der Waals surface area (Å²) in [6.45, 7) is 8.48. The van der Waals surface area contributed by atoms with Crippen LogP contribution < -0.4 is 5.32 Å². The number of hydrogen-bond donors (Lipinski definition) is 1. The predicted octanol–water partition coefficient (Wildman–Crippen LogP) is 5.83. The highest BCUT2D eigenvalue weighted by molar-refractivity contribution is 9.10. The summed E-state index contributed by atoms with van der Waals surface area (Å²) in [4.78, 5) is 2.61. The maximum atomic E-state index is 3.56. The van der Waals surface area contributed by atoms with Crippen LogP contribution in [0.4, 0.5) is 0 Å². The van der Waals surface area contributed by atoms with Crippen LogP contribution in [0.25, 0.3) is 0 Å². The molecule has 0 fully saturated rings. The lowest BCUT2D eigenvalue weighted by Crippen LogP contribution is -2.12. The lowest BCUT2D eigenvalue weighted by atomic mass is 10.0. The molecule has 0 aromatic heterocycles. The Morgan fingerprint density at radius 2 is 1.81 bits per heavy atom. The van der Waals surface area contributed by atoms with E-state index in [4.69, 9.17) is 0 Å². The molecular formula is C18H22BrNS. The van der Waals surface area contributed by atoms with Gasteiger partial charge in [-0.25, -0.2) is 0 Å². The summed E-state index contributed by atoms with van der Waals surface area (Å²) in [5.41, 5.74) is 2.73. The minimum atomic E-state index is 0.584. The van der Waals surface area contributed by atoms with Crippen molar-refractivity contribution < 1.29 is 0 Å². The van der Waals surface area contributed by atoms with Crippen LogP contribution in [-0.2, 0) is 6.54 Å². The molecular weight excluding hydrogens is 342 g/mol. The Hall–Kier alpha value is -0.770. The monoisotopic (exact) mass is 363 g/mol. The standard InChI is InChI=1S/C18H22BrNS/c1-4-20-12-15-11-16(19)7-10-18(15)21-17-8-5-14(6-9-17)13(2)3/h5-11,13,20H,4,12H2,1-3H3. The van der Waals surface area contributed by atoms with Crippen LogP contribution in [0.5, 0.6) is 0 Å². The molecule has 1 nitrogen and oxygen atoms in total. The zero-order chi connectivity index (χ0) is 15.2. The van der Waals surface area contributed by atoms with Gasteiger partial charge >= 0.3 is 0 Å². The summed E-state index contributed by atoms with van der Waals surface area (Å²) in [6.07, 6.45) is 0. The zero-order valence-corrected chi connectivity index (χ0v) is 15.2. The minimum absolute atomic E-state index is 0.584. The molecule has 0 radical (unpaired) electrons. The summed E-state index contributed by atoms with van der Waals surface area (Å²) < 4.78 is 1.13. The van der Waals surface area contributed by atoms with E-state index in [0.29, 0.717) is 5.92 Å². The van der Waals surface area contributed by atoms with Gasteiger partial charge in [-0.3, -0.25) is 0 Å². The summed E-state index contributed by atoms with van der Waals surface area (Å²) >= 11 is 5.40. The molecule has 0 aliphatic rings. The first-order valence-corrected chi connectivity index (χ1v) is 8.98. The Kier molecular flexibility index (Phi) is 6.34. The maximum Gasteiger partial charge on any atom is 0.0217 e. The van der Waals surface area contributed by atoms with E-state index in [1.54, 1.807) is 0 Å². The molecule has 0 atom stereocenters. The van der Waals surface area contributed by atoms with Crippen LogP contribution in [0.15, 0.2) is 56.7 Å². The average molecular weight is 364 g/mol. The highest BCUT2D eigenvalue weighted by atomic mass is 79.9. The first-order chi connectivity index (χ1) is 10.1. The van der Waals surface area contributed by atoms with Crippen LogP contribution in [-0.4, -0.2) is 6.54 Å². The molecule has 0 bridgehead atoms. The predicted molar refractivity (Wildman–Crippen MR) is 96.2 cm³/mol. The van der Waals surface area contributed by atoms with Gasteiger partial charge in [0.15, 0.2) is 0 Å². The van der Waals surface area contributed by atoms with E-state index in [9.17, 15) is 0 Å². The van der Waals surface area contributed by atoms with Gasteiger partial charge in [0.2, 0.25) is 0 Å². The number of hydrogen-bond acceptors (Lipinski definition) is 2. The van der Waals surface area contributed by atoms with Crippen molar-refractivity contribution in [2.45, 2.75) is 43.0 Å². The first-order valence-electron chi connectivity index (χ1n) is 7.37. The van der Waals surface area contributed by atoms with E-state index in [1.807, 2.05) is 11.8 Å². The van der Waals surface area contributed by atoms with E-state index in [2.05, 4.69) is 84.5 Å².